The lowest BCUT2D eigenvalue weighted by molar-refractivity contribution is -0.150. The number of alkyl carbamates (subject to hydrolysis) is 1. The van der Waals surface area contributed by atoms with Crippen molar-refractivity contribution in [2.24, 2.45) is 11.8 Å². The molecule has 2 aliphatic heterocycles. The number of rotatable bonds is 4. The van der Waals surface area contributed by atoms with Crippen LogP contribution < -0.4 is 5.32 Å². The summed E-state index contributed by atoms with van der Waals surface area (Å²) in [5, 5.41) is 2.67. The van der Waals surface area contributed by atoms with Crippen molar-refractivity contribution < 1.29 is 40.7 Å². The molecule has 0 aromatic heterocycles. The zero-order chi connectivity index (χ0) is 21.9. The van der Waals surface area contributed by atoms with Crippen molar-refractivity contribution in [2.45, 2.75) is 36.9 Å². The first-order valence-electron chi connectivity index (χ1n) is 9.37. The summed E-state index contributed by atoms with van der Waals surface area (Å²) in [6.45, 7) is 0.342. The van der Waals surface area contributed by atoms with E-state index in [1.54, 1.807) is 0 Å². The van der Waals surface area contributed by atoms with E-state index in [0.29, 0.717) is 25.0 Å². The van der Waals surface area contributed by atoms with Crippen LogP contribution in [0.3, 0.4) is 0 Å². The summed E-state index contributed by atoms with van der Waals surface area (Å²) in [7, 11) is 0. The number of halogens is 6. The number of amides is 2. The number of hydrogen-bond acceptors (Lipinski definition) is 3. The average Bonchev–Trinajstić information content (AvgIpc) is 2.97. The van der Waals surface area contributed by atoms with Crippen molar-refractivity contribution in [1.82, 2.24) is 10.2 Å². The molecule has 164 valence electrons. The Morgan fingerprint density at radius 1 is 1.20 bits per heavy atom. The second kappa shape index (κ2) is 6.78. The molecule has 1 spiro atoms. The summed E-state index contributed by atoms with van der Waals surface area (Å²) in [4.78, 5) is 25.0. The molecule has 3 aliphatic rings. The summed E-state index contributed by atoms with van der Waals surface area (Å²) >= 11 is 0. The third-order valence-corrected chi connectivity index (χ3v) is 5.97. The third-order valence-electron chi connectivity index (χ3n) is 5.97. The van der Waals surface area contributed by atoms with Gasteiger partial charge in [0.2, 0.25) is 5.91 Å². The summed E-state index contributed by atoms with van der Waals surface area (Å²) in [6.07, 6.45) is -5.27. The number of alkyl halides is 5. The predicted molar refractivity (Wildman–Crippen MR) is 89.9 cm³/mol. The average molecular weight is 436 g/mol. The van der Waals surface area contributed by atoms with Gasteiger partial charge in [-0.15, -0.1) is 0 Å². The normalized spacial score (nSPS) is 26.8. The molecule has 2 amide bonds. The number of benzene rings is 1. The maximum Gasteiger partial charge on any atom is 0.416 e. The quantitative estimate of drug-likeness (QED) is 0.733. The van der Waals surface area contributed by atoms with Crippen LogP contribution >= 0.6 is 0 Å². The van der Waals surface area contributed by atoms with Gasteiger partial charge in [0.25, 0.3) is 5.92 Å². The fourth-order valence-electron chi connectivity index (χ4n) is 4.37. The van der Waals surface area contributed by atoms with Crippen LogP contribution in [0.5, 0.6) is 0 Å². The van der Waals surface area contributed by atoms with E-state index in [9.17, 15) is 35.9 Å². The van der Waals surface area contributed by atoms with Gasteiger partial charge in [-0.3, -0.25) is 4.79 Å². The standard InChI is InChI=1S/C19H18F6N2O3/c20-14-3-12(19(23,24)25)1-2-13(14)18(21,22)4-10-7-27(8-10)15(28)11-5-17(6-11)9-30-16(29)26-17/h1-3,10-11H,4-9H2,(H,26,29). The predicted octanol–water partition coefficient (Wildman–Crippen LogP) is 3.67. The highest BCUT2D eigenvalue weighted by molar-refractivity contribution is 5.82. The maximum absolute atomic E-state index is 14.4. The highest BCUT2D eigenvalue weighted by Gasteiger charge is 2.54. The number of ether oxygens (including phenoxy) is 1. The number of likely N-dealkylation sites (tertiary alicyclic amines) is 1. The summed E-state index contributed by atoms with van der Waals surface area (Å²) in [5.41, 5.74) is -2.94. The number of cyclic esters (lactones) is 1. The third kappa shape index (κ3) is 3.69. The zero-order valence-electron chi connectivity index (χ0n) is 15.6. The van der Waals surface area contributed by atoms with E-state index in [2.05, 4.69) is 5.32 Å². The minimum absolute atomic E-state index is 0.0673. The van der Waals surface area contributed by atoms with E-state index in [-0.39, 0.29) is 37.6 Å². The number of carbonyl (C=O) groups is 2. The highest BCUT2D eigenvalue weighted by Crippen LogP contribution is 2.44. The smallest absolute Gasteiger partial charge is 0.416 e. The van der Waals surface area contributed by atoms with Gasteiger partial charge in [0.05, 0.1) is 16.7 Å². The number of carbonyl (C=O) groups excluding carboxylic acids is 2. The Morgan fingerprint density at radius 3 is 2.40 bits per heavy atom. The van der Waals surface area contributed by atoms with E-state index in [1.165, 1.54) is 4.90 Å². The van der Waals surface area contributed by atoms with Gasteiger partial charge in [-0.2, -0.15) is 13.2 Å². The first-order valence-corrected chi connectivity index (χ1v) is 9.37. The Kier molecular flexibility index (Phi) is 4.70. The zero-order valence-corrected chi connectivity index (χ0v) is 15.6. The molecular weight excluding hydrogens is 418 g/mol. The van der Waals surface area contributed by atoms with E-state index < -0.39 is 53.0 Å². The first-order chi connectivity index (χ1) is 13.9. The second-order valence-corrected chi connectivity index (χ2v) is 8.30. The van der Waals surface area contributed by atoms with Crippen LogP contribution in [0, 0.1) is 17.7 Å². The summed E-state index contributed by atoms with van der Waals surface area (Å²) < 4.78 is 85.4. The molecule has 3 fully saturated rings. The molecule has 5 nitrogen and oxygen atoms in total. The van der Waals surface area contributed by atoms with Crippen molar-refractivity contribution in [3.8, 4) is 0 Å². The summed E-state index contributed by atoms with van der Waals surface area (Å²) in [6, 6.07) is 0.962. The van der Waals surface area contributed by atoms with Gasteiger partial charge in [0.15, 0.2) is 0 Å². The second-order valence-electron chi connectivity index (χ2n) is 8.30. The maximum atomic E-state index is 14.4. The molecule has 4 rings (SSSR count). The Balaban J connectivity index is 1.30. The lowest BCUT2D eigenvalue weighted by Gasteiger charge is -2.48. The first kappa shape index (κ1) is 20.8. The Labute approximate surface area is 167 Å². The SMILES string of the molecule is O=C1NC2(CO1)CC(C(=O)N1CC(CC(F)(F)c3ccc(C(F)(F)F)cc3F)C1)C2. The van der Waals surface area contributed by atoms with Gasteiger partial charge >= 0.3 is 12.3 Å². The molecule has 11 heteroatoms. The van der Waals surface area contributed by atoms with Crippen molar-refractivity contribution >= 4 is 12.0 Å². The van der Waals surface area contributed by atoms with E-state index in [4.69, 9.17) is 4.74 Å². The topological polar surface area (TPSA) is 58.6 Å². The van der Waals surface area contributed by atoms with Crippen LogP contribution in [0.4, 0.5) is 31.1 Å². The molecule has 1 N–H and O–H groups in total. The largest absolute Gasteiger partial charge is 0.447 e. The van der Waals surface area contributed by atoms with Crippen LogP contribution in [0.1, 0.15) is 30.4 Å². The Hall–Kier alpha value is -2.46. The summed E-state index contributed by atoms with van der Waals surface area (Å²) in [5.74, 6) is -6.36. The van der Waals surface area contributed by atoms with Crippen molar-refractivity contribution in [1.29, 1.82) is 0 Å². The van der Waals surface area contributed by atoms with Crippen LogP contribution in [0.2, 0.25) is 0 Å². The molecular formula is C19H18F6N2O3. The fourth-order valence-corrected chi connectivity index (χ4v) is 4.37. The molecule has 2 saturated heterocycles. The number of nitrogens with zero attached hydrogens (tertiary/aromatic N) is 1. The van der Waals surface area contributed by atoms with Gasteiger partial charge in [0, 0.05) is 31.3 Å². The lowest BCUT2D eigenvalue weighted by atomic mass is 9.68. The van der Waals surface area contributed by atoms with Gasteiger partial charge in [-0.05, 0) is 31.0 Å². The molecule has 1 saturated carbocycles. The van der Waals surface area contributed by atoms with Crippen LogP contribution in [0.15, 0.2) is 18.2 Å². The molecule has 0 radical (unpaired) electrons. The minimum atomic E-state index is -4.82. The van der Waals surface area contributed by atoms with Crippen LogP contribution in [-0.4, -0.2) is 42.1 Å². The van der Waals surface area contributed by atoms with E-state index in [0.717, 1.165) is 0 Å². The molecule has 30 heavy (non-hydrogen) atoms. The molecule has 0 atom stereocenters. The minimum Gasteiger partial charge on any atom is -0.447 e. The Bertz CT molecular complexity index is 876. The van der Waals surface area contributed by atoms with Crippen LogP contribution in [0.25, 0.3) is 0 Å². The van der Waals surface area contributed by atoms with Crippen molar-refractivity contribution in [3.05, 3.63) is 35.1 Å². The molecule has 1 aliphatic carbocycles. The lowest BCUT2D eigenvalue weighted by Crippen LogP contribution is -2.61. The molecule has 0 bridgehead atoms. The molecule has 1 aromatic rings. The highest BCUT2D eigenvalue weighted by atomic mass is 19.4. The van der Waals surface area contributed by atoms with Gasteiger partial charge in [-0.1, -0.05) is 0 Å². The molecule has 1 aromatic carbocycles. The Morgan fingerprint density at radius 2 is 1.87 bits per heavy atom. The van der Waals surface area contributed by atoms with Gasteiger partial charge in [-0.25, -0.2) is 18.0 Å². The number of nitrogens with one attached hydrogen (secondary N) is 1. The molecule has 0 unspecified atom stereocenters. The van der Waals surface area contributed by atoms with E-state index >= 15 is 0 Å². The van der Waals surface area contributed by atoms with Gasteiger partial charge in [0.1, 0.15) is 12.4 Å². The number of hydrogen-bond donors (Lipinski definition) is 1. The molecule has 2 heterocycles. The van der Waals surface area contributed by atoms with E-state index in [1.807, 2.05) is 0 Å². The van der Waals surface area contributed by atoms with Crippen molar-refractivity contribution in [3.63, 3.8) is 0 Å². The van der Waals surface area contributed by atoms with Crippen molar-refractivity contribution in [2.75, 3.05) is 19.7 Å². The van der Waals surface area contributed by atoms with Crippen LogP contribution in [-0.2, 0) is 21.6 Å². The monoisotopic (exact) mass is 436 g/mol. The fraction of sp³-hybridized carbons (Fsp3) is 0.579. The van der Waals surface area contributed by atoms with Gasteiger partial charge < -0.3 is 15.0 Å².